The third kappa shape index (κ3) is 7.32. The summed E-state index contributed by atoms with van der Waals surface area (Å²) in [4.78, 5) is 29.4. The van der Waals surface area contributed by atoms with Crippen LogP contribution in [0.1, 0.15) is 17.5 Å². The predicted octanol–water partition coefficient (Wildman–Crippen LogP) is 4.29. The van der Waals surface area contributed by atoms with Crippen LogP contribution < -0.4 is 15.0 Å². The van der Waals surface area contributed by atoms with Crippen molar-refractivity contribution < 1.29 is 19.1 Å². The molecule has 1 N–H and O–H groups in total. The summed E-state index contributed by atoms with van der Waals surface area (Å²) in [5.74, 6) is 0.393. The van der Waals surface area contributed by atoms with E-state index in [-0.39, 0.29) is 18.4 Å². The molecular formula is C29H32ClN3O4. The van der Waals surface area contributed by atoms with Crippen LogP contribution in [0.5, 0.6) is 5.75 Å². The Morgan fingerprint density at radius 1 is 1.03 bits per heavy atom. The molecule has 2 amide bonds. The van der Waals surface area contributed by atoms with Gasteiger partial charge in [-0.3, -0.25) is 14.5 Å². The number of carbonyl (C=O) groups is 2. The van der Waals surface area contributed by atoms with Gasteiger partial charge in [-0.25, -0.2) is 0 Å². The summed E-state index contributed by atoms with van der Waals surface area (Å²) in [7, 11) is 1.73. The minimum absolute atomic E-state index is 0.153. The molecule has 1 aliphatic heterocycles. The van der Waals surface area contributed by atoms with Crippen molar-refractivity contribution in [1.29, 1.82) is 0 Å². The van der Waals surface area contributed by atoms with E-state index in [4.69, 9.17) is 21.1 Å². The monoisotopic (exact) mass is 521 g/mol. The number of nitrogens with one attached hydrogen (secondary N) is 1. The average Bonchev–Trinajstić information content (AvgIpc) is 2.92. The Kier molecular flexibility index (Phi) is 9.54. The number of ether oxygens (including phenoxy) is 2. The highest BCUT2D eigenvalue weighted by molar-refractivity contribution is 6.31. The zero-order valence-electron chi connectivity index (χ0n) is 20.9. The fourth-order valence-corrected chi connectivity index (χ4v) is 4.42. The van der Waals surface area contributed by atoms with Gasteiger partial charge in [-0.05, 0) is 41.5 Å². The molecule has 3 aromatic rings. The first-order valence-corrected chi connectivity index (χ1v) is 12.8. The van der Waals surface area contributed by atoms with E-state index < -0.39 is 6.04 Å². The second-order valence-electron chi connectivity index (χ2n) is 8.93. The maximum Gasteiger partial charge on any atom is 0.247 e. The number of anilines is 1. The lowest BCUT2D eigenvalue weighted by Gasteiger charge is -2.37. The standard InChI is InChI=1S/C29H32ClN3O4/c1-32(20-23-10-5-6-11-26(23)30)29(35)27-18-31-19-28(34)33(27)24-12-14-25(15-13-24)37-17-7-16-36-21-22-8-3-2-4-9-22/h2-6,8-15,27,31H,7,16-21H2,1H3/t27-/m1/s1. The highest BCUT2D eigenvalue weighted by atomic mass is 35.5. The summed E-state index contributed by atoms with van der Waals surface area (Å²) < 4.78 is 11.5. The van der Waals surface area contributed by atoms with Gasteiger partial charge in [0, 0.05) is 37.3 Å². The topological polar surface area (TPSA) is 71.1 Å². The van der Waals surface area contributed by atoms with Gasteiger partial charge in [-0.1, -0.05) is 60.1 Å². The van der Waals surface area contributed by atoms with Crippen molar-refractivity contribution in [2.75, 3.05) is 38.3 Å². The van der Waals surface area contributed by atoms with Gasteiger partial charge in [0.15, 0.2) is 0 Å². The Balaban J connectivity index is 1.30. The van der Waals surface area contributed by atoms with Crippen molar-refractivity contribution in [3.8, 4) is 5.75 Å². The molecule has 3 aromatic carbocycles. The van der Waals surface area contributed by atoms with E-state index in [1.54, 1.807) is 22.9 Å². The summed E-state index contributed by atoms with van der Waals surface area (Å²) >= 11 is 6.27. The first kappa shape index (κ1) is 26.7. The molecule has 1 heterocycles. The van der Waals surface area contributed by atoms with Crippen LogP contribution in [0.2, 0.25) is 5.02 Å². The molecule has 1 fully saturated rings. The van der Waals surface area contributed by atoms with Gasteiger partial charge in [0.05, 0.1) is 26.4 Å². The maximum atomic E-state index is 13.3. The van der Waals surface area contributed by atoms with Gasteiger partial charge in [0.1, 0.15) is 11.8 Å². The summed E-state index contributed by atoms with van der Waals surface area (Å²) in [5, 5.41) is 3.67. The molecule has 0 aliphatic carbocycles. The third-order valence-corrected chi connectivity index (χ3v) is 6.52. The van der Waals surface area contributed by atoms with E-state index in [1.807, 2.05) is 72.8 Å². The van der Waals surface area contributed by atoms with Gasteiger partial charge in [0.25, 0.3) is 0 Å². The molecule has 8 heteroatoms. The number of nitrogens with zero attached hydrogens (tertiary/aromatic N) is 2. The Bertz CT molecular complexity index is 1170. The van der Waals surface area contributed by atoms with E-state index in [0.717, 1.165) is 17.5 Å². The number of carbonyl (C=O) groups excluding carboxylic acids is 2. The van der Waals surface area contributed by atoms with Crippen LogP contribution in [-0.2, 0) is 27.5 Å². The predicted molar refractivity (Wildman–Crippen MR) is 145 cm³/mol. The number of hydrogen-bond donors (Lipinski definition) is 1. The van der Waals surface area contributed by atoms with E-state index in [2.05, 4.69) is 5.32 Å². The van der Waals surface area contributed by atoms with E-state index in [9.17, 15) is 9.59 Å². The van der Waals surface area contributed by atoms with Gasteiger partial charge in [-0.2, -0.15) is 0 Å². The molecule has 1 saturated heterocycles. The van der Waals surface area contributed by atoms with E-state index in [0.29, 0.717) is 49.4 Å². The number of hydrogen-bond acceptors (Lipinski definition) is 5. The van der Waals surface area contributed by atoms with Crippen LogP contribution in [0.4, 0.5) is 5.69 Å². The summed E-state index contributed by atoms with van der Waals surface area (Å²) in [6, 6.07) is 24.1. The fourth-order valence-electron chi connectivity index (χ4n) is 4.22. The summed E-state index contributed by atoms with van der Waals surface area (Å²) in [6.07, 6.45) is 0.763. The van der Waals surface area contributed by atoms with Crippen LogP contribution in [0, 0.1) is 0 Å². The number of halogens is 1. The number of likely N-dealkylation sites (N-methyl/N-ethyl adjacent to an activating group) is 1. The molecule has 7 nitrogen and oxygen atoms in total. The zero-order chi connectivity index (χ0) is 26.0. The number of piperazine rings is 1. The molecule has 0 radical (unpaired) electrons. The van der Waals surface area contributed by atoms with Crippen LogP contribution in [0.25, 0.3) is 0 Å². The fraction of sp³-hybridized carbons (Fsp3) is 0.310. The van der Waals surface area contributed by atoms with Crippen molar-refractivity contribution in [2.45, 2.75) is 25.6 Å². The Morgan fingerprint density at radius 3 is 2.51 bits per heavy atom. The number of amides is 2. The van der Waals surface area contributed by atoms with Gasteiger partial charge < -0.3 is 19.7 Å². The largest absolute Gasteiger partial charge is 0.494 e. The first-order valence-electron chi connectivity index (χ1n) is 12.4. The molecule has 194 valence electrons. The van der Waals surface area contributed by atoms with Crippen LogP contribution in [-0.4, -0.2) is 56.1 Å². The normalized spacial score (nSPS) is 15.5. The van der Waals surface area contributed by atoms with Crippen LogP contribution in [0.3, 0.4) is 0 Å². The SMILES string of the molecule is CN(Cc1ccccc1Cl)C(=O)[C@H]1CNCC(=O)N1c1ccc(OCCCOCc2ccccc2)cc1. The minimum atomic E-state index is -0.651. The molecular weight excluding hydrogens is 490 g/mol. The Morgan fingerprint density at radius 2 is 1.76 bits per heavy atom. The first-order chi connectivity index (χ1) is 18.0. The Labute approximate surface area is 222 Å². The molecule has 0 unspecified atom stereocenters. The van der Waals surface area contributed by atoms with Gasteiger partial charge in [-0.15, -0.1) is 0 Å². The number of benzene rings is 3. The van der Waals surface area contributed by atoms with Crippen molar-refractivity contribution in [3.63, 3.8) is 0 Å². The Hall–Kier alpha value is -3.39. The molecule has 0 saturated carbocycles. The number of rotatable bonds is 11. The van der Waals surface area contributed by atoms with Crippen molar-refractivity contribution >= 4 is 29.1 Å². The van der Waals surface area contributed by atoms with E-state index >= 15 is 0 Å². The molecule has 4 rings (SSSR count). The third-order valence-electron chi connectivity index (χ3n) is 6.15. The molecule has 0 bridgehead atoms. The maximum absolute atomic E-state index is 13.3. The lowest BCUT2D eigenvalue weighted by Crippen LogP contribution is -2.60. The average molecular weight is 522 g/mol. The molecule has 37 heavy (non-hydrogen) atoms. The molecule has 0 spiro atoms. The summed E-state index contributed by atoms with van der Waals surface area (Å²) in [5.41, 5.74) is 2.66. The van der Waals surface area contributed by atoms with Crippen LogP contribution in [0.15, 0.2) is 78.9 Å². The van der Waals surface area contributed by atoms with Gasteiger partial charge in [0.2, 0.25) is 11.8 Å². The van der Waals surface area contributed by atoms with E-state index in [1.165, 1.54) is 0 Å². The van der Waals surface area contributed by atoms with Crippen molar-refractivity contribution in [3.05, 3.63) is 95.0 Å². The zero-order valence-corrected chi connectivity index (χ0v) is 21.7. The van der Waals surface area contributed by atoms with Gasteiger partial charge >= 0.3 is 0 Å². The van der Waals surface area contributed by atoms with Crippen molar-refractivity contribution in [1.82, 2.24) is 10.2 Å². The quantitative estimate of drug-likeness (QED) is 0.381. The molecule has 1 aliphatic rings. The smallest absolute Gasteiger partial charge is 0.247 e. The lowest BCUT2D eigenvalue weighted by molar-refractivity contribution is -0.134. The minimum Gasteiger partial charge on any atom is -0.494 e. The van der Waals surface area contributed by atoms with Crippen LogP contribution >= 0.6 is 11.6 Å². The lowest BCUT2D eigenvalue weighted by atomic mass is 10.1. The molecule has 0 aromatic heterocycles. The highest BCUT2D eigenvalue weighted by Crippen LogP contribution is 2.24. The van der Waals surface area contributed by atoms with Crippen molar-refractivity contribution in [2.24, 2.45) is 0 Å². The highest BCUT2D eigenvalue weighted by Gasteiger charge is 2.36. The second kappa shape index (κ2) is 13.2. The molecule has 1 atom stereocenters. The second-order valence-corrected chi connectivity index (χ2v) is 9.34. The summed E-state index contributed by atoms with van der Waals surface area (Å²) in [6.45, 7) is 2.63.